The number of benzene rings is 1. The highest BCUT2D eigenvalue weighted by atomic mass is 32.3. The number of nitrogens with zero attached hydrogens (tertiary/aromatic N) is 5. The smallest absolute Gasteiger partial charge is 0.418 e. The molecule has 2 saturated heterocycles. The van der Waals surface area contributed by atoms with Crippen molar-refractivity contribution in [2.24, 2.45) is 12.2 Å². The van der Waals surface area contributed by atoms with E-state index in [1.807, 2.05) is 22.6 Å². The van der Waals surface area contributed by atoms with Crippen LogP contribution in [0.1, 0.15) is 19.5 Å². The third-order valence-electron chi connectivity index (χ3n) is 7.43. The zero-order valence-electron chi connectivity index (χ0n) is 24.6. The number of carboxylic acids is 1. The third-order valence-corrected chi connectivity index (χ3v) is 8.45. The number of aromatic nitrogens is 3. The van der Waals surface area contributed by atoms with Crippen LogP contribution in [-0.4, -0.2) is 104 Å². The summed E-state index contributed by atoms with van der Waals surface area (Å²) in [6, 6.07) is 3.78. The normalized spacial score (nSPS) is 19.7. The number of aliphatic carboxylic acids is 1. The minimum atomic E-state index is -5.02. The first kappa shape index (κ1) is 33.0. The van der Waals surface area contributed by atoms with Gasteiger partial charge in [-0.15, -0.1) is 20.3 Å². The number of hydroxylamine groups is 2. The number of aliphatic hydroxyl groups is 1. The molecule has 0 bridgehead atoms. The SMILES string of the molecule is C[n+]1c2ccc(OC[C@H](O/N=C(\C(=O)N[C@@H]3C(=O)N(OS(=O)(=O)O)C3(C)C)c3csc(N)n3)C(=O)O)cc2cn1CC1(O)CNC1. The topological polar surface area (TPSA) is 261 Å². The highest BCUT2D eigenvalue weighted by Crippen LogP contribution is 2.33. The second kappa shape index (κ2) is 12.1. The van der Waals surface area contributed by atoms with Gasteiger partial charge in [0.2, 0.25) is 5.52 Å². The second-order valence-corrected chi connectivity index (χ2v) is 13.1. The van der Waals surface area contributed by atoms with E-state index in [0.29, 0.717) is 30.4 Å². The molecule has 21 heteroatoms. The van der Waals surface area contributed by atoms with Crippen LogP contribution in [0.4, 0.5) is 5.13 Å². The Hall–Kier alpha value is -4.41. The van der Waals surface area contributed by atoms with E-state index in [4.69, 9.17) is 19.9 Å². The monoisotopic (exact) mass is 683 g/mol. The zero-order chi connectivity index (χ0) is 33.6. The molecular formula is C25H31N8O11S2+. The summed E-state index contributed by atoms with van der Waals surface area (Å²) in [4.78, 5) is 46.9. The van der Waals surface area contributed by atoms with Gasteiger partial charge in [0.15, 0.2) is 17.9 Å². The summed E-state index contributed by atoms with van der Waals surface area (Å²) in [6.45, 7) is 3.53. The number of nitrogens with one attached hydrogen (secondary N) is 2. The van der Waals surface area contributed by atoms with E-state index in [1.54, 1.807) is 18.2 Å². The standard InChI is InChI=1S/C25H30N8O11S2/c1-24(2)19(21(35)33(24)44-46(39,40)41)29-20(34)18(15-9-45-23(26)28-15)30-43-17(22(36)37)8-42-14-4-5-16-13(6-14)7-32(31(16)3)12-25(38)10-27-11-25/h4-7,9,17,19,27,38H,8,10-12H2,1-3H3,(H4-,26,28,29,34,36,37,39,40,41)/p+1/b30-18-/t17-,19+/m0/s1. The molecule has 3 aromatic rings. The van der Waals surface area contributed by atoms with Crippen LogP contribution in [0.25, 0.3) is 10.9 Å². The molecule has 5 rings (SSSR count). The Morgan fingerprint density at radius 3 is 2.63 bits per heavy atom. The van der Waals surface area contributed by atoms with Gasteiger partial charge in [-0.3, -0.25) is 14.1 Å². The zero-order valence-corrected chi connectivity index (χ0v) is 26.2. The fourth-order valence-corrected chi connectivity index (χ4v) is 5.84. The molecule has 0 spiro atoms. The van der Waals surface area contributed by atoms with Crippen molar-refractivity contribution in [3.05, 3.63) is 35.5 Å². The number of nitrogen functional groups attached to an aromatic ring is 1. The van der Waals surface area contributed by atoms with Crippen LogP contribution in [0, 0.1) is 0 Å². The van der Waals surface area contributed by atoms with Crippen LogP contribution in [-0.2, 0) is 47.5 Å². The minimum absolute atomic E-state index is 0.0533. The number of oxime groups is 1. The highest BCUT2D eigenvalue weighted by Gasteiger charge is 2.58. The number of ether oxygens (including phenoxy) is 1. The molecule has 0 saturated carbocycles. The number of thiazole rings is 1. The molecule has 1 aromatic carbocycles. The number of fused-ring (bicyclic) bond motifs is 1. The van der Waals surface area contributed by atoms with Crippen LogP contribution in [0.3, 0.4) is 0 Å². The van der Waals surface area contributed by atoms with Crippen LogP contribution in [0.2, 0.25) is 0 Å². The predicted octanol–water partition coefficient (Wildman–Crippen LogP) is -2.07. The molecule has 4 heterocycles. The summed E-state index contributed by atoms with van der Waals surface area (Å²) in [5, 5.41) is 32.0. The maximum Gasteiger partial charge on any atom is 0.418 e. The van der Waals surface area contributed by atoms with Gasteiger partial charge in [-0.25, -0.2) is 9.78 Å². The molecule has 0 aliphatic carbocycles. The largest absolute Gasteiger partial charge is 0.489 e. The lowest BCUT2D eigenvalue weighted by atomic mass is 9.84. The van der Waals surface area contributed by atoms with Gasteiger partial charge in [-0.2, -0.15) is 18.2 Å². The Balaban J connectivity index is 1.29. The fourth-order valence-electron chi connectivity index (χ4n) is 4.84. The molecule has 0 radical (unpaired) electrons. The van der Waals surface area contributed by atoms with Gasteiger partial charge in [0, 0.05) is 24.5 Å². The number of rotatable bonds is 13. The van der Waals surface area contributed by atoms with E-state index >= 15 is 0 Å². The quantitative estimate of drug-likeness (QED) is 0.0372. The van der Waals surface area contributed by atoms with Crippen LogP contribution >= 0.6 is 11.3 Å². The Labute approximate surface area is 265 Å². The summed E-state index contributed by atoms with van der Waals surface area (Å²) < 4.78 is 44.8. The van der Waals surface area contributed by atoms with Crippen molar-refractivity contribution in [3.8, 4) is 5.75 Å². The van der Waals surface area contributed by atoms with Crippen molar-refractivity contribution < 1.29 is 56.1 Å². The fraction of sp³-hybridized carbons (Fsp3) is 0.440. The summed E-state index contributed by atoms with van der Waals surface area (Å²) in [5.74, 6) is -3.17. The molecule has 0 unspecified atom stereocenters. The lowest BCUT2D eigenvalue weighted by Crippen LogP contribution is -2.76. The third kappa shape index (κ3) is 6.73. The Bertz CT molecular complexity index is 1830. The lowest BCUT2D eigenvalue weighted by Gasteiger charge is -2.50. The molecule has 46 heavy (non-hydrogen) atoms. The summed E-state index contributed by atoms with van der Waals surface area (Å²) in [7, 11) is -3.17. The lowest BCUT2D eigenvalue weighted by molar-refractivity contribution is -0.732. The number of aryl methyl sites for hydroxylation is 1. The van der Waals surface area contributed by atoms with E-state index in [1.165, 1.54) is 19.2 Å². The Morgan fingerprint density at radius 1 is 1.35 bits per heavy atom. The van der Waals surface area contributed by atoms with Gasteiger partial charge < -0.3 is 36.2 Å². The summed E-state index contributed by atoms with van der Waals surface area (Å²) in [6.07, 6.45) is 0.136. The highest BCUT2D eigenvalue weighted by molar-refractivity contribution is 7.80. The molecule has 2 aliphatic rings. The molecule has 248 valence electrons. The number of β-lactam (4-membered cyclic amide) rings is 1. The molecule has 2 aliphatic heterocycles. The van der Waals surface area contributed by atoms with Crippen molar-refractivity contribution in [2.75, 3.05) is 25.4 Å². The van der Waals surface area contributed by atoms with Crippen LogP contribution in [0.15, 0.2) is 34.9 Å². The van der Waals surface area contributed by atoms with E-state index in [2.05, 4.69) is 25.1 Å². The van der Waals surface area contributed by atoms with Crippen molar-refractivity contribution in [1.82, 2.24) is 25.4 Å². The van der Waals surface area contributed by atoms with Gasteiger partial charge in [-0.1, -0.05) is 5.16 Å². The average molecular weight is 684 g/mol. The number of β-amino-alcohol motifs (C(OH)–C–C–N with tert-alkyl or cyclic N) is 1. The first-order valence-electron chi connectivity index (χ1n) is 13.5. The van der Waals surface area contributed by atoms with Crippen molar-refractivity contribution >= 4 is 61.3 Å². The minimum Gasteiger partial charge on any atom is -0.489 e. The van der Waals surface area contributed by atoms with Crippen molar-refractivity contribution in [3.63, 3.8) is 0 Å². The number of carbonyl (C=O) groups is 3. The predicted molar refractivity (Wildman–Crippen MR) is 157 cm³/mol. The average Bonchev–Trinajstić information content (AvgIpc) is 3.52. The van der Waals surface area contributed by atoms with Gasteiger partial charge in [0.25, 0.3) is 17.9 Å². The van der Waals surface area contributed by atoms with E-state index in [9.17, 15) is 33.0 Å². The number of nitrogens with two attached hydrogens (primary N) is 1. The summed E-state index contributed by atoms with van der Waals surface area (Å²) >= 11 is 0.954. The Morgan fingerprint density at radius 2 is 2.07 bits per heavy atom. The molecule has 7 N–H and O–H groups in total. The van der Waals surface area contributed by atoms with E-state index < -0.39 is 63.8 Å². The molecule has 2 aromatic heterocycles. The molecule has 2 fully saturated rings. The van der Waals surface area contributed by atoms with E-state index in [0.717, 1.165) is 22.2 Å². The van der Waals surface area contributed by atoms with Crippen molar-refractivity contribution in [1.29, 1.82) is 0 Å². The van der Waals surface area contributed by atoms with Gasteiger partial charge in [-0.05, 0) is 26.0 Å². The Kier molecular flexibility index (Phi) is 8.65. The first-order valence-corrected chi connectivity index (χ1v) is 15.8. The molecule has 2 atom stereocenters. The molecular weight excluding hydrogens is 652 g/mol. The number of hydrogen-bond acceptors (Lipinski definition) is 14. The number of carbonyl (C=O) groups excluding carboxylic acids is 2. The van der Waals surface area contributed by atoms with Gasteiger partial charge >= 0.3 is 16.4 Å². The number of hydrogen-bond donors (Lipinski definition) is 6. The molecule has 19 nitrogen and oxygen atoms in total. The van der Waals surface area contributed by atoms with Crippen LogP contribution in [0.5, 0.6) is 5.75 Å². The summed E-state index contributed by atoms with van der Waals surface area (Å²) in [5.41, 5.74) is 3.64. The molecule has 2 amide bonds. The number of anilines is 1. The van der Waals surface area contributed by atoms with E-state index in [-0.39, 0.29) is 10.8 Å². The van der Waals surface area contributed by atoms with Gasteiger partial charge in [0.05, 0.1) is 17.1 Å². The maximum atomic E-state index is 13.2. The van der Waals surface area contributed by atoms with Crippen LogP contribution < -0.4 is 25.8 Å². The van der Waals surface area contributed by atoms with Crippen molar-refractivity contribution in [2.45, 2.75) is 43.7 Å². The maximum absolute atomic E-state index is 13.2. The number of carboxylic acid groups (broad SMARTS) is 1. The van der Waals surface area contributed by atoms with Gasteiger partial charge in [0.1, 0.15) is 36.2 Å². The number of amides is 2. The second-order valence-electron chi connectivity index (χ2n) is 11.2. The first-order chi connectivity index (χ1) is 21.5.